The summed E-state index contributed by atoms with van der Waals surface area (Å²) >= 11 is 0. The molecule has 62 heavy (non-hydrogen) atoms. The number of benzene rings is 3. The first-order chi connectivity index (χ1) is 29.2. The predicted molar refractivity (Wildman–Crippen MR) is 177 cm³/mol. The maximum Gasteiger partial charge on any atom is 0.416 e. The van der Waals surface area contributed by atoms with Crippen LogP contribution < -0.4 is 11.1 Å². The maximum atomic E-state index is 15.5. The zero-order valence-corrected chi connectivity index (χ0v) is 29.1. The highest BCUT2D eigenvalue weighted by molar-refractivity contribution is 6.18. The van der Waals surface area contributed by atoms with E-state index >= 15 is 17.6 Å². The van der Waals surface area contributed by atoms with Crippen molar-refractivity contribution < 1.29 is 70.3 Å². The molecule has 0 spiro atoms. The molecule has 0 bridgehead atoms. The summed E-state index contributed by atoms with van der Waals surface area (Å²) in [4.78, 5) is 12.7. The summed E-state index contributed by atoms with van der Waals surface area (Å²) in [7, 11) is 0. The van der Waals surface area contributed by atoms with E-state index in [1.54, 1.807) is 0 Å². The van der Waals surface area contributed by atoms with E-state index in [1.807, 2.05) is 0 Å². The molecule has 0 amide bonds. The van der Waals surface area contributed by atoms with E-state index in [2.05, 4.69) is 19.9 Å². The third-order valence-electron chi connectivity index (χ3n) is 8.82. The van der Waals surface area contributed by atoms with Crippen molar-refractivity contribution in [3.63, 3.8) is 0 Å². The van der Waals surface area contributed by atoms with Crippen LogP contribution in [0.2, 0.25) is 0 Å². The van der Waals surface area contributed by atoms with Crippen molar-refractivity contribution in [1.82, 2.24) is 19.9 Å². The van der Waals surface area contributed by atoms with Crippen molar-refractivity contribution in [1.29, 1.82) is 21.0 Å². The third kappa shape index (κ3) is 6.59. The van der Waals surface area contributed by atoms with Crippen LogP contribution in [0.15, 0.2) is 45.2 Å². The van der Waals surface area contributed by atoms with Crippen LogP contribution in [-0.4, -0.2) is 19.9 Å². The molecule has 0 aliphatic heterocycles. The first-order valence-corrected chi connectivity index (χ1v) is 16.1. The van der Waals surface area contributed by atoms with Gasteiger partial charge < -0.3 is 8.83 Å². The highest BCUT2D eigenvalue weighted by atomic mass is 19.4. The van der Waals surface area contributed by atoms with Crippen LogP contribution in [0.1, 0.15) is 11.1 Å². The normalized spacial score (nSPS) is 11.6. The number of rotatable bonds is 4. The van der Waals surface area contributed by atoms with Crippen LogP contribution in [0.3, 0.4) is 0 Å². The number of nitrogens with zero attached hydrogens (tertiary/aromatic N) is 8. The Kier molecular flexibility index (Phi) is 9.91. The fourth-order valence-corrected chi connectivity index (χ4v) is 6.23. The summed E-state index contributed by atoms with van der Waals surface area (Å²) in [5.41, 5.74) is -21.9. The number of halogens is 14. The van der Waals surface area contributed by atoms with Crippen LogP contribution >= 0.6 is 0 Å². The lowest BCUT2D eigenvalue weighted by molar-refractivity contribution is -0.138. The molecule has 10 nitrogen and oxygen atoms in total. The first kappa shape index (κ1) is 41.8. The number of hydrogen-bond acceptors (Lipinski definition) is 10. The molecule has 7 aromatic rings. The minimum atomic E-state index is -5.36. The standard InChI is InChI=1S/C38H6F14N8O2/c39-23-19(24(40)32(44)59-31(23)43)17-5-13(37(47,48)49)1-3-15(17)21-27-30(62-35(57-27)11(7-53)8-54)22(28-29(21)61-36(58-28)12(9-55)10-56)16-4-2-14(38(50,51)52)6-18(16)20-25(41)33(45)60-34(46)26(20)42/h1-6H. The van der Waals surface area contributed by atoms with Gasteiger partial charge in [-0.3, -0.25) is 0 Å². The Bertz CT molecular complexity index is 3070. The zero-order valence-electron chi connectivity index (χ0n) is 29.1. The molecule has 0 aliphatic carbocycles. The van der Waals surface area contributed by atoms with Crippen molar-refractivity contribution in [2.45, 2.75) is 12.4 Å². The Morgan fingerprint density at radius 3 is 1.02 bits per heavy atom. The molecule has 0 N–H and O–H groups in total. The van der Waals surface area contributed by atoms with Gasteiger partial charge in [-0.25, -0.2) is 27.5 Å². The highest BCUT2D eigenvalue weighted by Gasteiger charge is 2.37. The predicted octanol–water partition coefficient (Wildman–Crippen LogP) is 8.97. The molecule has 0 fully saturated rings. The molecule has 3 aromatic carbocycles. The lowest BCUT2D eigenvalue weighted by atomic mass is 9.87. The van der Waals surface area contributed by atoms with E-state index in [0.29, 0.717) is 12.1 Å². The van der Waals surface area contributed by atoms with Gasteiger partial charge in [0.1, 0.15) is 35.3 Å². The molecule has 0 unspecified atom stereocenters. The van der Waals surface area contributed by atoms with Crippen molar-refractivity contribution in [2.24, 2.45) is 0 Å². The summed E-state index contributed by atoms with van der Waals surface area (Å²) in [6, 6.07) is 6.74. The topological polar surface area (TPSA) is 173 Å². The summed E-state index contributed by atoms with van der Waals surface area (Å²) in [6.07, 6.45) is -10.7. The molecule has 0 aliphatic rings. The van der Waals surface area contributed by atoms with E-state index in [4.69, 9.17) is 8.83 Å². The van der Waals surface area contributed by atoms with Gasteiger partial charge in [-0.1, -0.05) is 12.1 Å². The van der Waals surface area contributed by atoms with Gasteiger partial charge in [0.05, 0.1) is 33.4 Å². The second-order valence-electron chi connectivity index (χ2n) is 12.2. The Hall–Kier alpha value is -8.38. The fraction of sp³-hybridized carbons (Fsp3) is 0.0526. The van der Waals surface area contributed by atoms with Crippen molar-refractivity contribution >= 4 is 33.3 Å². The number of pyridine rings is 2. The Labute approximate surface area is 331 Å². The van der Waals surface area contributed by atoms with Gasteiger partial charge in [-0.15, -0.1) is 0 Å². The lowest BCUT2D eigenvalue weighted by Crippen LogP contribution is -2.08. The van der Waals surface area contributed by atoms with E-state index in [-0.39, 0.29) is 24.3 Å². The second kappa shape index (κ2) is 14.7. The summed E-state index contributed by atoms with van der Waals surface area (Å²) in [5, 5.41) is 38.7. The molecule has 0 atom stereocenters. The largest absolute Gasteiger partial charge is 0.434 e. The zero-order chi connectivity index (χ0) is 45.3. The van der Waals surface area contributed by atoms with Crippen LogP contribution in [0.4, 0.5) is 61.5 Å². The Morgan fingerprint density at radius 2 is 0.742 bits per heavy atom. The smallest absolute Gasteiger partial charge is 0.416 e. The quantitative estimate of drug-likeness (QED) is 0.123. The van der Waals surface area contributed by atoms with Crippen molar-refractivity contribution in [3.8, 4) is 68.8 Å². The Balaban J connectivity index is 1.82. The maximum absolute atomic E-state index is 15.5. The minimum Gasteiger partial charge on any atom is -0.434 e. The number of fused-ring (bicyclic) bond motifs is 2. The van der Waals surface area contributed by atoms with E-state index in [0.717, 1.165) is 0 Å². The SMILES string of the molecule is N#CC(C#N)=c1nc2c(-c3ccc(C(F)(F)F)cc3-c3c(F)c(F)nc(F)c3F)c3oc(=C(C#N)C#N)nc3c(-c3ccc(C(F)(F)F)cc3-c3c(F)c(F)nc(F)c3F)c2o1. The van der Waals surface area contributed by atoms with Gasteiger partial charge in [-0.05, 0) is 46.5 Å². The van der Waals surface area contributed by atoms with E-state index < -0.39 is 159 Å². The van der Waals surface area contributed by atoms with E-state index in [9.17, 15) is 65.0 Å². The van der Waals surface area contributed by atoms with Gasteiger partial charge in [0.25, 0.3) is 23.8 Å². The lowest BCUT2D eigenvalue weighted by Gasteiger charge is -2.18. The average molecular weight is 872 g/mol. The second-order valence-corrected chi connectivity index (χ2v) is 12.2. The molecule has 7 rings (SSSR count). The van der Waals surface area contributed by atoms with Gasteiger partial charge in [0.15, 0.2) is 45.6 Å². The van der Waals surface area contributed by atoms with Crippen LogP contribution in [0.5, 0.6) is 0 Å². The monoisotopic (exact) mass is 872 g/mol. The van der Waals surface area contributed by atoms with E-state index in [1.165, 1.54) is 24.3 Å². The summed E-state index contributed by atoms with van der Waals surface area (Å²) < 4.78 is 216. The summed E-state index contributed by atoms with van der Waals surface area (Å²) in [6.45, 7) is 0. The number of oxazole rings is 2. The van der Waals surface area contributed by atoms with Gasteiger partial charge in [0, 0.05) is 0 Å². The molecule has 0 saturated heterocycles. The van der Waals surface area contributed by atoms with Crippen LogP contribution in [-0.2, 0) is 12.4 Å². The third-order valence-corrected chi connectivity index (χ3v) is 8.82. The Morgan fingerprint density at radius 1 is 0.435 bits per heavy atom. The molecule has 24 heteroatoms. The van der Waals surface area contributed by atoms with Crippen molar-refractivity contribution in [2.75, 3.05) is 0 Å². The van der Waals surface area contributed by atoms with Gasteiger partial charge in [-0.2, -0.15) is 74.9 Å². The first-order valence-electron chi connectivity index (χ1n) is 16.1. The number of nitriles is 4. The van der Waals surface area contributed by atoms with Crippen molar-refractivity contribution in [3.05, 3.63) is 106 Å². The minimum absolute atomic E-state index is 0.0180. The number of aromatic nitrogens is 4. The molecule has 0 saturated carbocycles. The average Bonchev–Trinajstić information content (AvgIpc) is 3.84. The molecular formula is C38H6F14N8O2. The van der Waals surface area contributed by atoms with Gasteiger partial charge in [0.2, 0.25) is 11.1 Å². The summed E-state index contributed by atoms with van der Waals surface area (Å²) in [5.74, 6) is -19.0. The molecule has 4 heterocycles. The molecule has 4 aromatic heterocycles. The number of alkyl halides is 6. The van der Waals surface area contributed by atoms with Gasteiger partial charge >= 0.3 is 12.4 Å². The number of hydrogen-bond donors (Lipinski definition) is 0. The van der Waals surface area contributed by atoms with Crippen LogP contribution in [0.25, 0.3) is 77.9 Å². The molecular weight excluding hydrogens is 866 g/mol. The van der Waals surface area contributed by atoms with Crippen LogP contribution in [0, 0.1) is 92.4 Å². The molecule has 0 radical (unpaired) electrons. The molecule has 308 valence electrons. The fourth-order valence-electron chi connectivity index (χ4n) is 6.23. The highest BCUT2D eigenvalue weighted by Crippen LogP contribution is 2.49.